The van der Waals surface area contributed by atoms with Crippen LogP contribution in [0.25, 0.3) is 0 Å². The number of hydrogen-bond acceptors (Lipinski definition) is 4. The van der Waals surface area contributed by atoms with Crippen LogP contribution in [-0.2, 0) is 17.7 Å². The van der Waals surface area contributed by atoms with Gasteiger partial charge in [0.05, 0.1) is 12.7 Å². The molecule has 0 saturated carbocycles. The van der Waals surface area contributed by atoms with Crippen molar-refractivity contribution in [2.75, 3.05) is 19.8 Å². The minimum Gasteiger partial charge on any atom is -0.493 e. The summed E-state index contributed by atoms with van der Waals surface area (Å²) in [6.45, 7) is 4.40. The molecular formula is C15H20ClNO3. The number of fused-ring (bicyclic) bond motifs is 1. The number of rotatable bonds is 4. The summed E-state index contributed by atoms with van der Waals surface area (Å²) in [5.41, 5.74) is 1.45. The van der Waals surface area contributed by atoms with Crippen LogP contribution < -0.4 is 10.1 Å². The summed E-state index contributed by atoms with van der Waals surface area (Å²) in [4.78, 5) is 0. The predicted octanol–water partition coefficient (Wildman–Crippen LogP) is 1.90. The van der Waals surface area contributed by atoms with Crippen LogP contribution in [0.2, 0.25) is 5.02 Å². The summed E-state index contributed by atoms with van der Waals surface area (Å²) in [6.07, 6.45) is 1.46. The van der Waals surface area contributed by atoms with Crippen molar-refractivity contribution < 1.29 is 14.6 Å². The summed E-state index contributed by atoms with van der Waals surface area (Å²) in [5, 5.41) is 14.5. The van der Waals surface area contributed by atoms with Gasteiger partial charge in [0.25, 0.3) is 0 Å². The quantitative estimate of drug-likeness (QED) is 0.891. The molecule has 1 saturated heterocycles. The Balaban J connectivity index is 1.65. The number of ether oxygens (including phenoxy) is 2. The maximum absolute atomic E-state index is 10.4. The minimum absolute atomic E-state index is 0.128. The Bertz CT molecular complexity index is 508. The van der Waals surface area contributed by atoms with Crippen molar-refractivity contribution in [3.8, 4) is 5.75 Å². The van der Waals surface area contributed by atoms with E-state index >= 15 is 0 Å². The van der Waals surface area contributed by atoms with E-state index in [2.05, 4.69) is 5.32 Å². The molecule has 4 nitrogen and oxygen atoms in total. The predicted molar refractivity (Wildman–Crippen MR) is 77.3 cm³/mol. The molecule has 2 N–H and O–H groups in total. The van der Waals surface area contributed by atoms with Crippen molar-refractivity contribution in [2.45, 2.75) is 38.0 Å². The van der Waals surface area contributed by atoms with E-state index in [0.717, 1.165) is 29.4 Å². The zero-order valence-electron chi connectivity index (χ0n) is 11.6. The van der Waals surface area contributed by atoms with E-state index in [1.807, 2.05) is 19.1 Å². The first-order valence-electron chi connectivity index (χ1n) is 7.07. The SMILES string of the molecule is CC1OCCC1(O)CNCc1cc(Cl)cc2c1OCC2. The van der Waals surface area contributed by atoms with E-state index in [1.54, 1.807) is 0 Å². The zero-order valence-corrected chi connectivity index (χ0v) is 12.4. The summed E-state index contributed by atoms with van der Waals surface area (Å²) in [5.74, 6) is 0.949. The molecule has 0 bridgehead atoms. The second-order valence-corrected chi connectivity index (χ2v) is 6.06. The van der Waals surface area contributed by atoms with Crippen molar-refractivity contribution in [3.63, 3.8) is 0 Å². The van der Waals surface area contributed by atoms with Crippen LogP contribution in [0.3, 0.4) is 0 Å². The Kier molecular flexibility index (Phi) is 3.91. The van der Waals surface area contributed by atoms with E-state index in [1.165, 1.54) is 5.56 Å². The summed E-state index contributed by atoms with van der Waals surface area (Å²) in [7, 11) is 0. The standard InChI is InChI=1S/C15H20ClNO3/c1-10-15(18,3-5-19-10)9-17-8-12-7-13(16)6-11-2-4-20-14(11)12/h6-7,10,17-18H,2-5,8-9H2,1H3. The third-order valence-corrected chi connectivity index (χ3v) is 4.45. The number of hydrogen-bond donors (Lipinski definition) is 2. The fourth-order valence-electron chi connectivity index (χ4n) is 2.89. The lowest BCUT2D eigenvalue weighted by Crippen LogP contribution is -2.45. The van der Waals surface area contributed by atoms with Crippen molar-refractivity contribution in [1.29, 1.82) is 0 Å². The van der Waals surface area contributed by atoms with Crippen LogP contribution in [0.4, 0.5) is 0 Å². The van der Waals surface area contributed by atoms with E-state index in [-0.39, 0.29) is 6.10 Å². The highest BCUT2D eigenvalue weighted by molar-refractivity contribution is 6.30. The van der Waals surface area contributed by atoms with Gasteiger partial charge in [0.15, 0.2) is 0 Å². The van der Waals surface area contributed by atoms with Gasteiger partial charge in [-0.1, -0.05) is 11.6 Å². The molecule has 0 aliphatic carbocycles. The van der Waals surface area contributed by atoms with Gasteiger partial charge < -0.3 is 19.9 Å². The molecule has 2 unspecified atom stereocenters. The monoisotopic (exact) mass is 297 g/mol. The van der Waals surface area contributed by atoms with E-state index in [4.69, 9.17) is 21.1 Å². The molecule has 3 rings (SSSR count). The largest absolute Gasteiger partial charge is 0.493 e. The van der Waals surface area contributed by atoms with E-state index < -0.39 is 5.60 Å². The molecule has 2 atom stereocenters. The Morgan fingerprint density at radius 2 is 2.30 bits per heavy atom. The molecule has 1 fully saturated rings. The normalized spacial score (nSPS) is 28.4. The van der Waals surface area contributed by atoms with Gasteiger partial charge >= 0.3 is 0 Å². The van der Waals surface area contributed by atoms with Crippen LogP contribution in [0.1, 0.15) is 24.5 Å². The van der Waals surface area contributed by atoms with Crippen molar-refractivity contribution >= 4 is 11.6 Å². The molecule has 0 amide bonds. The van der Waals surface area contributed by atoms with E-state index in [0.29, 0.717) is 26.1 Å². The Morgan fingerprint density at radius 1 is 1.45 bits per heavy atom. The Labute approximate surface area is 124 Å². The van der Waals surface area contributed by atoms with Gasteiger partial charge in [0.2, 0.25) is 0 Å². The number of benzene rings is 1. The Morgan fingerprint density at radius 3 is 3.05 bits per heavy atom. The number of nitrogens with one attached hydrogen (secondary N) is 1. The van der Waals surface area contributed by atoms with Gasteiger partial charge in [0, 0.05) is 43.1 Å². The van der Waals surface area contributed by atoms with Gasteiger partial charge in [-0.15, -0.1) is 0 Å². The molecule has 20 heavy (non-hydrogen) atoms. The highest BCUT2D eigenvalue weighted by atomic mass is 35.5. The molecule has 2 heterocycles. The highest BCUT2D eigenvalue weighted by Gasteiger charge is 2.39. The molecule has 0 aromatic heterocycles. The second kappa shape index (κ2) is 5.53. The van der Waals surface area contributed by atoms with Crippen molar-refractivity contribution in [3.05, 3.63) is 28.3 Å². The molecular weight excluding hydrogens is 278 g/mol. The third-order valence-electron chi connectivity index (χ3n) is 4.23. The average molecular weight is 298 g/mol. The second-order valence-electron chi connectivity index (χ2n) is 5.62. The van der Waals surface area contributed by atoms with Gasteiger partial charge in [-0.3, -0.25) is 0 Å². The lowest BCUT2D eigenvalue weighted by molar-refractivity contribution is -0.0263. The first-order chi connectivity index (χ1) is 9.58. The van der Waals surface area contributed by atoms with Crippen LogP contribution in [0, 0.1) is 0 Å². The lowest BCUT2D eigenvalue weighted by Gasteiger charge is -2.26. The smallest absolute Gasteiger partial charge is 0.127 e. The first kappa shape index (κ1) is 14.1. The van der Waals surface area contributed by atoms with Gasteiger partial charge in [-0.25, -0.2) is 0 Å². The molecule has 1 aromatic carbocycles. The molecule has 0 spiro atoms. The number of halogens is 1. The topological polar surface area (TPSA) is 50.7 Å². The fourth-order valence-corrected chi connectivity index (χ4v) is 3.16. The van der Waals surface area contributed by atoms with Crippen molar-refractivity contribution in [2.24, 2.45) is 0 Å². The lowest BCUT2D eigenvalue weighted by atomic mass is 9.96. The number of aliphatic hydroxyl groups is 1. The fraction of sp³-hybridized carbons (Fsp3) is 0.600. The summed E-state index contributed by atoms with van der Waals surface area (Å²) in [6, 6.07) is 3.89. The maximum Gasteiger partial charge on any atom is 0.127 e. The molecule has 110 valence electrons. The minimum atomic E-state index is -0.775. The first-order valence-corrected chi connectivity index (χ1v) is 7.45. The van der Waals surface area contributed by atoms with E-state index in [9.17, 15) is 5.11 Å². The molecule has 2 aliphatic heterocycles. The van der Waals surface area contributed by atoms with Crippen LogP contribution in [-0.4, -0.2) is 36.6 Å². The van der Waals surface area contributed by atoms with Crippen molar-refractivity contribution in [1.82, 2.24) is 5.32 Å². The molecule has 2 aliphatic rings. The molecule has 1 aromatic rings. The maximum atomic E-state index is 10.4. The van der Waals surface area contributed by atoms with Gasteiger partial charge in [0.1, 0.15) is 11.4 Å². The summed E-state index contributed by atoms with van der Waals surface area (Å²) >= 11 is 6.13. The van der Waals surface area contributed by atoms with Crippen LogP contribution >= 0.6 is 11.6 Å². The van der Waals surface area contributed by atoms with Crippen LogP contribution in [0.5, 0.6) is 5.75 Å². The zero-order chi connectivity index (χ0) is 14.2. The van der Waals surface area contributed by atoms with Crippen LogP contribution in [0.15, 0.2) is 12.1 Å². The highest BCUT2D eigenvalue weighted by Crippen LogP contribution is 2.33. The average Bonchev–Trinajstić information content (AvgIpc) is 2.97. The Hall–Kier alpha value is -0.810. The summed E-state index contributed by atoms with van der Waals surface area (Å²) < 4.78 is 11.1. The van der Waals surface area contributed by atoms with Gasteiger partial charge in [-0.05, 0) is 24.6 Å². The molecule has 5 heteroatoms. The van der Waals surface area contributed by atoms with Gasteiger partial charge in [-0.2, -0.15) is 0 Å². The third kappa shape index (κ3) is 2.66. The molecule has 0 radical (unpaired) electrons.